The van der Waals surface area contributed by atoms with Crippen molar-refractivity contribution >= 4 is 23.6 Å². The van der Waals surface area contributed by atoms with E-state index in [9.17, 15) is 9.59 Å². The molecule has 1 heterocycles. The zero-order valence-electron chi connectivity index (χ0n) is 18.4. The molecule has 4 saturated carbocycles. The number of aryl methyl sites for hydroxylation is 1. The standard InChI is InChI=1S/C22H35N5O2S/c1-13(2)12-27-19(5-4-18(23)28)25-26-21(27)30-14(3)20(29)24-22-9-15-6-16(10-22)8-17(7-15)11-22/h13-17H,4-12H2,1-3H3,(H2,23,28)(H,24,29)/t14-,15?,16?,17?,22?/m0/s1. The van der Waals surface area contributed by atoms with Gasteiger partial charge in [-0.2, -0.15) is 0 Å². The van der Waals surface area contributed by atoms with Gasteiger partial charge in [0.15, 0.2) is 5.16 Å². The van der Waals surface area contributed by atoms with Crippen molar-refractivity contribution in [3.05, 3.63) is 5.82 Å². The molecule has 8 heteroatoms. The quantitative estimate of drug-likeness (QED) is 0.583. The van der Waals surface area contributed by atoms with Crippen LogP contribution in [0.2, 0.25) is 0 Å². The first-order valence-electron chi connectivity index (χ1n) is 11.4. The van der Waals surface area contributed by atoms with Gasteiger partial charge in [0, 0.05) is 24.9 Å². The third kappa shape index (κ3) is 4.68. The van der Waals surface area contributed by atoms with Crippen molar-refractivity contribution < 1.29 is 9.59 Å². The molecule has 30 heavy (non-hydrogen) atoms. The smallest absolute Gasteiger partial charge is 0.233 e. The second kappa shape index (κ2) is 8.52. The Morgan fingerprint density at radius 3 is 2.27 bits per heavy atom. The average Bonchev–Trinajstić information content (AvgIpc) is 2.99. The summed E-state index contributed by atoms with van der Waals surface area (Å²) in [6.07, 6.45) is 8.30. The van der Waals surface area contributed by atoms with E-state index in [4.69, 9.17) is 5.73 Å². The van der Waals surface area contributed by atoms with Gasteiger partial charge >= 0.3 is 0 Å². The largest absolute Gasteiger partial charge is 0.370 e. The van der Waals surface area contributed by atoms with Gasteiger partial charge in [0.25, 0.3) is 0 Å². The van der Waals surface area contributed by atoms with Crippen LogP contribution in [0, 0.1) is 23.7 Å². The summed E-state index contributed by atoms with van der Waals surface area (Å²) in [6, 6.07) is 0. The monoisotopic (exact) mass is 433 g/mol. The van der Waals surface area contributed by atoms with Crippen LogP contribution in [0.4, 0.5) is 0 Å². The van der Waals surface area contributed by atoms with Crippen LogP contribution in [0.25, 0.3) is 0 Å². The van der Waals surface area contributed by atoms with Crippen LogP contribution in [0.5, 0.6) is 0 Å². The Balaban J connectivity index is 1.42. The molecule has 4 fully saturated rings. The van der Waals surface area contributed by atoms with E-state index >= 15 is 0 Å². The summed E-state index contributed by atoms with van der Waals surface area (Å²) in [5.41, 5.74) is 5.33. The summed E-state index contributed by atoms with van der Waals surface area (Å²) in [4.78, 5) is 24.3. The van der Waals surface area contributed by atoms with E-state index in [0.29, 0.717) is 12.3 Å². The first-order chi connectivity index (χ1) is 14.2. The molecule has 4 bridgehead atoms. The number of hydrogen-bond acceptors (Lipinski definition) is 5. The molecule has 1 aromatic rings. The summed E-state index contributed by atoms with van der Waals surface area (Å²) in [7, 11) is 0. The number of rotatable bonds is 9. The number of hydrogen-bond donors (Lipinski definition) is 2. The Bertz CT molecular complexity index is 770. The molecule has 7 nitrogen and oxygen atoms in total. The average molecular weight is 434 g/mol. The van der Waals surface area contributed by atoms with E-state index in [1.807, 2.05) is 11.5 Å². The highest BCUT2D eigenvalue weighted by molar-refractivity contribution is 8.00. The molecule has 5 rings (SSSR count). The first kappa shape index (κ1) is 21.7. The van der Waals surface area contributed by atoms with E-state index in [1.165, 1.54) is 31.0 Å². The lowest BCUT2D eigenvalue weighted by Gasteiger charge is -2.57. The van der Waals surface area contributed by atoms with Crippen LogP contribution < -0.4 is 11.1 Å². The van der Waals surface area contributed by atoms with Crippen LogP contribution in [-0.2, 0) is 22.6 Å². The number of nitrogens with two attached hydrogens (primary N) is 1. The van der Waals surface area contributed by atoms with Gasteiger partial charge < -0.3 is 15.6 Å². The predicted molar refractivity (Wildman–Crippen MR) is 117 cm³/mol. The molecule has 0 saturated heterocycles. The SMILES string of the molecule is CC(C)Cn1c(CCC(N)=O)nnc1S[C@@H](C)C(=O)NC12CC3CC(CC(C3)C1)C2. The molecule has 0 radical (unpaired) electrons. The number of thioether (sulfide) groups is 1. The molecular weight excluding hydrogens is 398 g/mol. The minimum absolute atomic E-state index is 0.0267. The molecule has 3 N–H and O–H groups in total. The number of nitrogens with one attached hydrogen (secondary N) is 1. The minimum atomic E-state index is -0.341. The maximum atomic E-state index is 13.1. The van der Waals surface area contributed by atoms with Gasteiger partial charge in [-0.05, 0) is 69.1 Å². The third-order valence-electron chi connectivity index (χ3n) is 7.01. The normalized spacial score (nSPS) is 30.6. The van der Waals surface area contributed by atoms with Crippen LogP contribution in [0.15, 0.2) is 5.16 Å². The van der Waals surface area contributed by atoms with E-state index in [1.54, 1.807) is 0 Å². The molecule has 0 aromatic carbocycles. The summed E-state index contributed by atoms with van der Waals surface area (Å²) in [5.74, 6) is 3.36. The van der Waals surface area contributed by atoms with Crippen molar-refractivity contribution in [2.45, 2.75) is 94.6 Å². The fraction of sp³-hybridized carbons (Fsp3) is 0.818. The molecule has 0 aliphatic heterocycles. The molecular formula is C22H35N5O2S. The van der Waals surface area contributed by atoms with Crippen LogP contribution >= 0.6 is 11.8 Å². The number of carbonyl (C=O) groups excluding carboxylic acids is 2. The van der Waals surface area contributed by atoms with Crippen molar-refractivity contribution in [1.82, 2.24) is 20.1 Å². The first-order valence-corrected chi connectivity index (χ1v) is 12.3. The Kier molecular flexibility index (Phi) is 6.15. The Morgan fingerprint density at radius 2 is 1.73 bits per heavy atom. The number of nitrogens with zero attached hydrogens (tertiary/aromatic N) is 3. The predicted octanol–water partition coefficient (Wildman–Crippen LogP) is 2.92. The molecule has 166 valence electrons. The topological polar surface area (TPSA) is 103 Å². The van der Waals surface area contributed by atoms with E-state index in [0.717, 1.165) is 54.5 Å². The van der Waals surface area contributed by atoms with Gasteiger partial charge in [-0.15, -0.1) is 10.2 Å². The Morgan fingerprint density at radius 1 is 1.13 bits per heavy atom. The highest BCUT2D eigenvalue weighted by Gasteiger charge is 2.51. The molecule has 0 spiro atoms. The van der Waals surface area contributed by atoms with Gasteiger partial charge in [0.05, 0.1) is 5.25 Å². The number of aromatic nitrogens is 3. The molecule has 4 aliphatic carbocycles. The van der Waals surface area contributed by atoms with Crippen molar-refractivity contribution in [2.24, 2.45) is 29.4 Å². The lowest BCUT2D eigenvalue weighted by atomic mass is 9.53. The number of carbonyl (C=O) groups is 2. The van der Waals surface area contributed by atoms with Crippen molar-refractivity contribution in [3.63, 3.8) is 0 Å². The van der Waals surface area contributed by atoms with Crippen LogP contribution in [-0.4, -0.2) is 37.4 Å². The van der Waals surface area contributed by atoms with Crippen LogP contribution in [0.3, 0.4) is 0 Å². The zero-order chi connectivity index (χ0) is 21.5. The summed E-state index contributed by atoms with van der Waals surface area (Å²) >= 11 is 1.47. The van der Waals surface area contributed by atoms with Gasteiger partial charge in [-0.25, -0.2) is 0 Å². The maximum Gasteiger partial charge on any atom is 0.233 e. The van der Waals surface area contributed by atoms with Gasteiger partial charge in [-0.3, -0.25) is 9.59 Å². The van der Waals surface area contributed by atoms with E-state index < -0.39 is 0 Å². The Labute approximate surface area is 183 Å². The molecule has 4 aliphatic rings. The fourth-order valence-electron chi connectivity index (χ4n) is 6.21. The van der Waals surface area contributed by atoms with Crippen molar-refractivity contribution in [1.29, 1.82) is 0 Å². The Hall–Kier alpha value is -1.57. The number of primary amides is 1. The van der Waals surface area contributed by atoms with Crippen molar-refractivity contribution in [3.8, 4) is 0 Å². The fourth-order valence-corrected chi connectivity index (χ4v) is 7.09. The second-order valence-electron chi connectivity index (χ2n) is 10.3. The number of amides is 2. The lowest BCUT2D eigenvalue weighted by molar-refractivity contribution is -0.126. The molecule has 0 unspecified atom stereocenters. The second-order valence-corrected chi connectivity index (χ2v) is 11.6. The van der Waals surface area contributed by atoms with Gasteiger partial charge in [0.2, 0.25) is 11.8 Å². The maximum absolute atomic E-state index is 13.1. The van der Waals surface area contributed by atoms with E-state index in [-0.39, 0.29) is 29.0 Å². The highest BCUT2D eigenvalue weighted by atomic mass is 32.2. The summed E-state index contributed by atoms with van der Waals surface area (Å²) in [6.45, 7) is 6.98. The summed E-state index contributed by atoms with van der Waals surface area (Å²) in [5, 5.41) is 12.6. The zero-order valence-corrected chi connectivity index (χ0v) is 19.2. The molecule has 2 amide bonds. The molecule has 1 aromatic heterocycles. The minimum Gasteiger partial charge on any atom is -0.370 e. The van der Waals surface area contributed by atoms with Gasteiger partial charge in [-0.1, -0.05) is 25.6 Å². The summed E-state index contributed by atoms with van der Waals surface area (Å²) < 4.78 is 2.05. The third-order valence-corrected chi connectivity index (χ3v) is 8.09. The van der Waals surface area contributed by atoms with Crippen molar-refractivity contribution in [2.75, 3.05) is 0 Å². The van der Waals surface area contributed by atoms with Crippen LogP contribution in [0.1, 0.15) is 71.5 Å². The molecule has 1 atom stereocenters. The lowest BCUT2D eigenvalue weighted by Crippen LogP contribution is -2.60. The van der Waals surface area contributed by atoms with E-state index in [2.05, 4.69) is 29.4 Å². The van der Waals surface area contributed by atoms with Gasteiger partial charge in [0.1, 0.15) is 5.82 Å². The highest BCUT2D eigenvalue weighted by Crippen LogP contribution is 2.55.